The minimum Gasteiger partial charge on any atom is -0.481 e. The van der Waals surface area contributed by atoms with Gasteiger partial charge in [-0.2, -0.15) is 0 Å². The summed E-state index contributed by atoms with van der Waals surface area (Å²) in [6.45, 7) is -0.218. The summed E-state index contributed by atoms with van der Waals surface area (Å²) in [6, 6.07) is 12.3. The standard InChI is InChI=1S/C27H23F2N5O7/c28-18-6-4-16(5-7-18)26(38)32-12-13-33(27(39)30-20-10-8-19(29)9-11-20)25(32)24(37)31-22(15-23(35)36)17-2-1-3-21(14-17)34(40)41/h1-11,14,22,25H,12-13,15H2,(H,30,39)(H,31,37)(H,35,36). The number of hydrogen-bond acceptors (Lipinski definition) is 6. The summed E-state index contributed by atoms with van der Waals surface area (Å²) in [5.41, 5.74) is 0.0260. The average molecular weight is 568 g/mol. The van der Waals surface area contributed by atoms with Crippen molar-refractivity contribution < 1.29 is 38.0 Å². The van der Waals surface area contributed by atoms with Crippen molar-refractivity contribution in [2.45, 2.75) is 18.6 Å². The van der Waals surface area contributed by atoms with Crippen LogP contribution >= 0.6 is 0 Å². The molecule has 1 fully saturated rings. The highest BCUT2D eigenvalue weighted by Crippen LogP contribution is 2.25. The summed E-state index contributed by atoms with van der Waals surface area (Å²) in [5.74, 6) is -4.09. The molecule has 0 radical (unpaired) electrons. The Morgan fingerprint density at radius 1 is 0.951 bits per heavy atom. The SMILES string of the molecule is O=C(O)CC(NC(=O)C1N(C(=O)Nc2ccc(F)cc2)CCN1C(=O)c1ccc(F)cc1)c1cccc([N+](=O)[O-])c1. The summed E-state index contributed by atoms with van der Waals surface area (Å²) >= 11 is 0. The van der Waals surface area contributed by atoms with Crippen molar-refractivity contribution in [2.75, 3.05) is 18.4 Å². The van der Waals surface area contributed by atoms with Crippen LogP contribution in [-0.2, 0) is 9.59 Å². The van der Waals surface area contributed by atoms with Crippen LogP contribution in [0.2, 0.25) is 0 Å². The van der Waals surface area contributed by atoms with Gasteiger partial charge in [0, 0.05) is 36.5 Å². The molecule has 212 valence electrons. The van der Waals surface area contributed by atoms with Crippen LogP contribution in [0, 0.1) is 21.7 Å². The first kappa shape index (κ1) is 28.6. The molecule has 0 saturated carbocycles. The first-order valence-electron chi connectivity index (χ1n) is 12.2. The first-order chi connectivity index (χ1) is 19.5. The van der Waals surface area contributed by atoms with Gasteiger partial charge in [-0.3, -0.25) is 29.4 Å². The van der Waals surface area contributed by atoms with E-state index < -0.39 is 59.0 Å². The summed E-state index contributed by atoms with van der Waals surface area (Å²) in [5, 5.41) is 25.7. The molecule has 0 aromatic heterocycles. The normalized spacial score (nSPS) is 15.2. The zero-order valence-corrected chi connectivity index (χ0v) is 21.2. The number of nitro groups is 1. The predicted molar refractivity (Wildman–Crippen MR) is 140 cm³/mol. The van der Waals surface area contributed by atoms with Crippen molar-refractivity contribution in [3.63, 3.8) is 0 Å². The molecule has 0 spiro atoms. The molecule has 1 aliphatic heterocycles. The zero-order chi connectivity index (χ0) is 29.7. The Labute approximate surface area is 231 Å². The third-order valence-corrected chi connectivity index (χ3v) is 6.29. The van der Waals surface area contributed by atoms with Crippen molar-refractivity contribution in [2.24, 2.45) is 0 Å². The number of urea groups is 1. The molecule has 1 aliphatic rings. The highest BCUT2D eigenvalue weighted by atomic mass is 19.1. The van der Waals surface area contributed by atoms with E-state index in [1.165, 1.54) is 42.5 Å². The highest BCUT2D eigenvalue weighted by Gasteiger charge is 2.44. The lowest BCUT2D eigenvalue weighted by molar-refractivity contribution is -0.384. The Kier molecular flexibility index (Phi) is 8.51. The molecule has 4 amide bonds. The number of carboxylic acids is 1. The fraction of sp³-hybridized carbons (Fsp3) is 0.185. The van der Waals surface area contributed by atoms with Crippen molar-refractivity contribution in [1.29, 1.82) is 0 Å². The Morgan fingerprint density at radius 2 is 1.56 bits per heavy atom. The second-order valence-corrected chi connectivity index (χ2v) is 9.02. The van der Waals surface area contributed by atoms with Gasteiger partial charge in [0.1, 0.15) is 11.6 Å². The van der Waals surface area contributed by atoms with Gasteiger partial charge in [-0.1, -0.05) is 12.1 Å². The second-order valence-electron chi connectivity index (χ2n) is 9.02. The van der Waals surface area contributed by atoms with E-state index in [0.29, 0.717) is 0 Å². The molecule has 3 aromatic rings. The molecular formula is C27H23F2N5O7. The smallest absolute Gasteiger partial charge is 0.323 e. The molecule has 12 nitrogen and oxygen atoms in total. The summed E-state index contributed by atoms with van der Waals surface area (Å²) in [4.78, 5) is 64.5. The van der Waals surface area contributed by atoms with E-state index in [-0.39, 0.29) is 35.6 Å². The number of nitrogens with zero attached hydrogens (tertiary/aromatic N) is 3. The maximum absolute atomic E-state index is 13.7. The first-order valence-corrected chi connectivity index (χ1v) is 12.2. The molecule has 3 N–H and O–H groups in total. The number of aliphatic carboxylic acids is 1. The summed E-state index contributed by atoms with van der Waals surface area (Å²) in [7, 11) is 0. The quantitative estimate of drug-likeness (QED) is 0.277. The van der Waals surface area contributed by atoms with Gasteiger partial charge in [-0.15, -0.1) is 0 Å². The van der Waals surface area contributed by atoms with Crippen LogP contribution in [0.4, 0.5) is 25.0 Å². The number of anilines is 1. The average Bonchev–Trinajstić information content (AvgIpc) is 3.39. The zero-order valence-electron chi connectivity index (χ0n) is 21.2. The third kappa shape index (κ3) is 6.79. The topological polar surface area (TPSA) is 162 Å². The minimum atomic E-state index is -1.58. The van der Waals surface area contributed by atoms with E-state index in [4.69, 9.17) is 0 Å². The number of amides is 4. The molecule has 1 saturated heterocycles. The van der Waals surface area contributed by atoms with Crippen LogP contribution in [0.25, 0.3) is 0 Å². The van der Waals surface area contributed by atoms with E-state index >= 15 is 0 Å². The molecule has 14 heteroatoms. The molecule has 0 aliphatic carbocycles. The molecule has 2 unspecified atom stereocenters. The summed E-state index contributed by atoms with van der Waals surface area (Å²) < 4.78 is 26.8. The van der Waals surface area contributed by atoms with Crippen LogP contribution in [-0.4, -0.2) is 62.9 Å². The molecular weight excluding hydrogens is 544 g/mol. The van der Waals surface area contributed by atoms with Crippen molar-refractivity contribution in [1.82, 2.24) is 15.1 Å². The molecule has 0 bridgehead atoms. The number of carboxylic acid groups (broad SMARTS) is 1. The van der Waals surface area contributed by atoms with E-state index in [1.54, 1.807) is 0 Å². The predicted octanol–water partition coefficient (Wildman–Crippen LogP) is 3.52. The lowest BCUT2D eigenvalue weighted by Crippen LogP contribution is -2.55. The largest absolute Gasteiger partial charge is 0.481 e. The monoisotopic (exact) mass is 567 g/mol. The van der Waals surface area contributed by atoms with Gasteiger partial charge in [0.15, 0.2) is 6.17 Å². The molecule has 4 rings (SSSR count). The fourth-order valence-corrected chi connectivity index (χ4v) is 4.35. The van der Waals surface area contributed by atoms with Crippen molar-refractivity contribution >= 4 is 35.2 Å². The fourth-order valence-electron chi connectivity index (χ4n) is 4.35. The van der Waals surface area contributed by atoms with Gasteiger partial charge >= 0.3 is 12.0 Å². The Bertz CT molecular complexity index is 1480. The van der Waals surface area contributed by atoms with Crippen molar-refractivity contribution in [3.05, 3.63) is 106 Å². The van der Waals surface area contributed by atoms with E-state index in [2.05, 4.69) is 10.6 Å². The van der Waals surface area contributed by atoms with Crippen LogP contribution in [0.15, 0.2) is 72.8 Å². The number of halogens is 2. The molecule has 1 heterocycles. The number of nitrogens with one attached hydrogen (secondary N) is 2. The van der Waals surface area contributed by atoms with Gasteiger partial charge in [-0.05, 0) is 54.1 Å². The maximum Gasteiger partial charge on any atom is 0.323 e. The van der Waals surface area contributed by atoms with Gasteiger partial charge < -0.3 is 20.6 Å². The molecule has 3 aromatic carbocycles. The second kappa shape index (κ2) is 12.2. The lowest BCUT2D eigenvalue weighted by atomic mass is 10.0. The number of carbonyl (C=O) groups excluding carboxylic acids is 3. The van der Waals surface area contributed by atoms with Crippen molar-refractivity contribution in [3.8, 4) is 0 Å². The van der Waals surface area contributed by atoms with Crippen LogP contribution in [0.5, 0.6) is 0 Å². The van der Waals surface area contributed by atoms with Gasteiger partial charge in [0.05, 0.1) is 17.4 Å². The lowest BCUT2D eigenvalue weighted by Gasteiger charge is -2.31. The third-order valence-electron chi connectivity index (χ3n) is 6.29. The van der Waals surface area contributed by atoms with E-state index in [1.807, 2.05) is 0 Å². The Balaban J connectivity index is 1.66. The number of hydrogen-bond donors (Lipinski definition) is 3. The summed E-state index contributed by atoms with van der Waals surface area (Å²) in [6.07, 6.45) is -2.24. The van der Waals surface area contributed by atoms with Gasteiger partial charge in [0.25, 0.3) is 17.5 Å². The highest BCUT2D eigenvalue weighted by molar-refractivity contribution is 6.00. The maximum atomic E-state index is 13.7. The Hall–Kier alpha value is -5.40. The van der Waals surface area contributed by atoms with Crippen LogP contribution in [0.3, 0.4) is 0 Å². The van der Waals surface area contributed by atoms with Crippen LogP contribution in [0.1, 0.15) is 28.4 Å². The minimum absolute atomic E-state index is 0.0331. The number of rotatable bonds is 8. The Morgan fingerprint density at radius 3 is 2.17 bits per heavy atom. The number of non-ortho nitro benzene ring substituents is 1. The molecule has 2 atom stereocenters. The van der Waals surface area contributed by atoms with E-state index in [9.17, 15) is 43.2 Å². The number of carbonyl (C=O) groups is 4. The van der Waals surface area contributed by atoms with Gasteiger partial charge in [0.2, 0.25) is 0 Å². The number of benzene rings is 3. The van der Waals surface area contributed by atoms with Gasteiger partial charge in [-0.25, -0.2) is 13.6 Å². The number of nitro benzene ring substituents is 1. The molecule has 41 heavy (non-hydrogen) atoms. The van der Waals surface area contributed by atoms with E-state index in [0.717, 1.165) is 40.1 Å². The van der Waals surface area contributed by atoms with Crippen LogP contribution < -0.4 is 10.6 Å².